The van der Waals surface area contributed by atoms with E-state index in [0.29, 0.717) is 17.1 Å². The summed E-state index contributed by atoms with van der Waals surface area (Å²) in [6.07, 6.45) is 3.64. The summed E-state index contributed by atoms with van der Waals surface area (Å²) < 4.78 is 0. The molecule has 1 atom stereocenters. The van der Waals surface area contributed by atoms with Crippen LogP contribution < -0.4 is 4.90 Å². The van der Waals surface area contributed by atoms with Gasteiger partial charge in [0, 0.05) is 30.3 Å². The van der Waals surface area contributed by atoms with Crippen molar-refractivity contribution in [1.82, 2.24) is 9.97 Å². The van der Waals surface area contributed by atoms with E-state index in [2.05, 4.69) is 16.8 Å². The quantitative estimate of drug-likeness (QED) is 0.779. The molecule has 18 heavy (non-hydrogen) atoms. The van der Waals surface area contributed by atoms with Crippen molar-refractivity contribution in [1.29, 1.82) is 0 Å². The van der Waals surface area contributed by atoms with Gasteiger partial charge in [0.1, 0.15) is 16.8 Å². The van der Waals surface area contributed by atoms with Crippen LogP contribution in [0.5, 0.6) is 0 Å². The average molecular weight is 284 g/mol. The van der Waals surface area contributed by atoms with E-state index in [1.54, 1.807) is 0 Å². The Morgan fingerprint density at radius 3 is 2.89 bits per heavy atom. The molecule has 0 aromatic carbocycles. The molecule has 2 heterocycles. The molecule has 1 saturated heterocycles. The van der Waals surface area contributed by atoms with Gasteiger partial charge in [-0.2, -0.15) is 11.8 Å². The summed E-state index contributed by atoms with van der Waals surface area (Å²) in [5.74, 6) is 4.93. The summed E-state index contributed by atoms with van der Waals surface area (Å²) in [7, 11) is 0. The Balaban J connectivity index is 1.89. The smallest absolute Gasteiger partial charge is 0.135 e. The highest BCUT2D eigenvalue weighted by atomic mass is 35.5. The standard InChI is InChI=1S/C13H18ClN3S/c1-9-4-6-18-7-5-17(9)12-8-11(14)15-13(16-12)10-2-3-10/h8-10H,2-7H2,1H3. The molecule has 98 valence electrons. The summed E-state index contributed by atoms with van der Waals surface area (Å²) in [6.45, 7) is 3.34. The van der Waals surface area contributed by atoms with E-state index in [9.17, 15) is 0 Å². The van der Waals surface area contributed by atoms with Crippen molar-refractivity contribution in [2.24, 2.45) is 0 Å². The molecule has 1 saturated carbocycles. The minimum Gasteiger partial charge on any atom is -0.353 e. The summed E-state index contributed by atoms with van der Waals surface area (Å²) in [5.41, 5.74) is 0. The highest BCUT2D eigenvalue weighted by Gasteiger charge is 2.28. The third kappa shape index (κ3) is 2.75. The molecule has 1 unspecified atom stereocenters. The lowest BCUT2D eigenvalue weighted by molar-refractivity contribution is 0.635. The van der Waals surface area contributed by atoms with Crippen LogP contribution in [-0.2, 0) is 0 Å². The summed E-state index contributed by atoms with van der Waals surface area (Å²) >= 11 is 8.17. The lowest BCUT2D eigenvalue weighted by Gasteiger charge is -2.28. The number of halogens is 1. The molecule has 0 spiro atoms. The van der Waals surface area contributed by atoms with Crippen LogP contribution >= 0.6 is 23.4 Å². The monoisotopic (exact) mass is 283 g/mol. The third-order valence-electron chi connectivity index (χ3n) is 3.62. The van der Waals surface area contributed by atoms with Crippen LogP contribution in [0.3, 0.4) is 0 Å². The fourth-order valence-corrected chi connectivity index (χ4v) is 3.55. The molecule has 2 fully saturated rings. The van der Waals surface area contributed by atoms with Gasteiger partial charge < -0.3 is 4.90 Å². The van der Waals surface area contributed by atoms with Crippen molar-refractivity contribution < 1.29 is 0 Å². The summed E-state index contributed by atoms with van der Waals surface area (Å²) in [5, 5.41) is 0.589. The predicted octanol–water partition coefficient (Wildman–Crippen LogP) is 3.34. The second-order valence-electron chi connectivity index (χ2n) is 5.12. The molecule has 3 nitrogen and oxygen atoms in total. The Labute approximate surface area is 117 Å². The number of aromatic nitrogens is 2. The highest BCUT2D eigenvalue weighted by molar-refractivity contribution is 7.99. The van der Waals surface area contributed by atoms with Crippen LogP contribution in [0.15, 0.2) is 6.07 Å². The maximum Gasteiger partial charge on any atom is 0.135 e. The minimum absolute atomic E-state index is 0.540. The Hall–Kier alpha value is -0.480. The maximum absolute atomic E-state index is 6.15. The number of hydrogen-bond acceptors (Lipinski definition) is 4. The van der Waals surface area contributed by atoms with E-state index in [-0.39, 0.29) is 0 Å². The largest absolute Gasteiger partial charge is 0.353 e. The molecule has 0 amide bonds. The van der Waals surface area contributed by atoms with Crippen molar-refractivity contribution in [3.05, 3.63) is 17.0 Å². The van der Waals surface area contributed by atoms with Crippen LogP contribution in [-0.4, -0.2) is 34.1 Å². The number of anilines is 1. The lowest BCUT2D eigenvalue weighted by atomic mass is 10.2. The molecular formula is C13H18ClN3S. The van der Waals surface area contributed by atoms with Crippen molar-refractivity contribution >= 4 is 29.2 Å². The van der Waals surface area contributed by atoms with Crippen LogP contribution in [0.4, 0.5) is 5.82 Å². The number of thioether (sulfide) groups is 1. The SMILES string of the molecule is CC1CCSCCN1c1cc(Cl)nc(C2CC2)n1. The molecule has 0 radical (unpaired) electrons. The van der Waals surface area contributed by atoms with Gasteiger partial charge in [-0.05, 0) is 31.9 Å². The first-order chi connectivity index (χ1) is 8.74. The molecule has 0 N–H and O–H groups in total. The number of hydrogen-bond donors (Lipinski definition) is 0. The van der Waals surface area contributed by atoms with Gasteiger partial charge in [-0.1, -0.05) is 11.6 Å². The summed E-state index contributed by atoms with van der Waals surface area (Å²) in [6, 6.07) is 2.46. The van der Waals surface area contributed by atoms with Crippen LogP contribution in [0.25, 0.3) is 0 Å². The Kier molecular flexibility index (Phi) is 3.66. The summed E-state index contributed by atoms with van der Waals surface area (Å²) in [4.78, 5) is 11.5. The van der Waals surface area contributed by atoms with Crippen LogP contribution in [0.1, 0.15) is 37.9 Å². The van der Waals surface area contributed by atoms with Crippen molar-refractivity contribution in [3.8, 4) is 0 Å². The number of rotatable bonds is 2. The zero-order valence-electron chi connectivity index (χ0n) is 10.6. The van der Waals surface area contributed by atoms with Gasteiger partial charge in [-0.25, -0.2) is 9.97 Å². The lowest BCUT2D eigenvalue weighted by Crippen LogP contribution is -2.34. The molecule has 0 bridgehead atoms. The fourth-order valence-electron chi connectivity index (χ4n) is 2.33. The molecule has 1 aliphatic carbocycles. The molecular weight excluding hydrogens is 266 g/mol. The average Bonchev–Trinajstić information content (AvgIpc) is 3.15. The third-order valence-corrected chi connectivity index (χ3v) is 4.81. The van der Waals surface area contributed by atoms with Crippen LogP contribution in [0, 0.1) is 0 Å². The molecule has 1 aliphatic heterocycles. The second-order valence-corrected chi connectivity index (χ2v) is 6.74. The van der Waals surface area contributed by atoms with Gasteiger partial charge in [-0.3, -0.25) is 0 Å². The maximum atomic E-state index is 6.15. The van der Waals surface area contributed by atoms with Gasteiger partial charge >= 0.3 is 0 Å². The van der Waals surface area contributed by atoms with Gasteiger partial charge in [0.25, 0.3) is 0 Å². The van der Waals surface area contributed by atoms with Gasteiger partial charge in [-0.15, -0.1) is 0 Å². The van der Waals surface area contributed by atoms with E-state index < -0.39 is 0 Å². The van der Waals surface area contributed by atoms with E-state index in [1.165, 1.54) is 30.8 Å². The first-order valence-corrected chi connectivity index (χ1v) is 8.16. The topological polar surface area (TPSA) is 29.0 Å². The predicted molar refractivity (Wildman–Crippen MR) is 77.8 cm³/mol. The molecule has 1 aromatic rings. The van der Waals surface area contributed by atoms with Crippen molar-refractivity contribution in [2.45, 2.75) is 38.1 Å². The zero-order valence-corrected chi connectivity index (χ0v) is 12.2. The van der Waals surface area contributed by atoms with E-state index in [1.807, 2.05) is 17.8 Å². The molecule has 1 aromatic heterocycles. The zero-order chi connectivity index (χ0) is 12.5. The van der Waals surface area contributed by atoms with Gasteiger partial charge in [0.15, 0.2) is 0 Å². The van der Waals surface area contributed by atoms with E-state index in [0.717, 1.165) is 18.2 Å². The van der Waals surface area contributed by atoms with Crippen molar-refractivity contribution in [2.75, 3.05) is 23.0 Å². The molecule has 2 aliphatic rings. The Morgan fingerprint density at radius 2 is 2.11 bits per heavy atom. The normalized spacial score (nSPS) is 25.0. The fraction of sp³-hybridized carbons (Fsp3) is 0.692. The Morgan fingerprint density at radius 1 is 1.28 bits per heavy atom. The van der Waals surface area contributed by atoms with Crippen LogP contribution in [0.2, 0.25) is 5.15 Å². The highest BCUT2D eigenvalue weighted by Crippen LogP contribution is 2.39. The molecule has 3 rings (SSSR count). The van der Waals surface area contributed by atoms with E-state index in [4.69, 9.17) is 16.6 Å². The van der Waals surface area contributed by atoms with E-state index >= 15 is 0 Å². The number of nitrogens with zero attached hydrogens (tertiary/aromatic N) is 3. The second kappa shape index (κ2) is 5.25. The van der Waals surface area contributed by atoms with Gasteiger partial charge in [0.2, 0.25) is 0 Å². The minimum atomic E-state index is 0.540. The van der Waals surface area contributed by atoms with Gasteiger partial charge in [0.05, 0.1) is 0 Å². The van der Waals surface area contributed by atoms with Crippen molar-refractivity contribution in [3.63, 3.8) is 0 Å². The first kappa shape index (κ1) is 12.5. The Bertz CT molecular complexity index is 436. The first-order valence-electron chi connectivity index (χ1n) is 6.63. The molecule has 5 heteroatoms.